The maximum atomic E-state index is 13.8. The molecule has 0 bridgehead atoms. The number of nitrogens with one attached hydrogen (secondary N) is 2. The van der Waals surface area contributed by atoms with E-state index in [2.05, 4.69) is 20.6 Å². The van der Waals surface area contributed by atoms with Crippen LogP contribution >= 0.6 is 0 Å². The minimum Gasteiger partial charge on any atom is -0.365 e. The molecule has 1 aromatic heterocycles. The van der Waals surface area contributed by atoms with Crippen molar-refractivity contribution < 1.29 is 17.6 Å². The van der Waals surface area contributed by atoms with Gasteiger partial charge in [-0.25, -0.2) is 14.4 Å². The van der Waals surface area contributed by atoms with Crippen LogP contribution in [0.5, 0.6) is 0 Å². The van der Waals surface area contributed by atoms with Crippen LogP contribution in [-0.4, -0.2) is 34.8 Å². The molecule has 0 spiro atoms. The highest BCUT2D eigenvalue weighted by Crippen LogP contribution is 2.26. The lowest BCUT2D eigenvalue weighted by atomic mass is 9.86. The standard InChI is InChI=1S/C12H16F4N4/c1-2-9-10(13)11(19-6-18-9)20-8-3-7(4-8)17-5-12(14,15)16/h6-8,17H,2-5H2,1H3,(H,18,19,20). The lowest BCUT2D eigenvalue weighted by Crippen LogP contribution is -2.50. The van der Waals surface area contributed by atoms with Gasteiger partial charge >= 0.3 is 6.18 Å². The summed E-state index contributed by atoms with van der Waals surface area (Å²) < 4.78 is 49.9. The van der Waals surface area contributed by atoms with Crippen LogP contribution in [0.3, 0.4) is 0 Å². The highest BCUT2D eigenvalue weighted by Gasteiger charge is 2.34. The van der Waals surface area contributed by atoms with Gasteiger partial charge in [0.05, 0.1) is 12.2 Å². The first kappa shape index (κ1) is 15.0. The first-order chi connectivity index (χ1) is 9.39. The number of alkyl halides is 3. The Morgan fingerprint density at radius 2 is 1.95 bits per heavy atom. The third-order valence-electron chi connectivity index (χ3n) is 3.27. The molecule has 1 heterocycles. The number of halogens is 4. The molecule has 1 saturated carbocycles. The van der Waals surface area contributed by atoms with Crippen molar-refractivity contribution in [3.05, 3.63) is 17.8 Å². The second-order valence-corrected chi connectivity index (χ2v) is 4.84. The summed E-state index contributed by atoms with van der Waals surface area (Å²) >= 11 is 0. The quantitative estimate of drug-likeness (QED) is 0.817. The molecule has 1 fully saturated rings. The Balaban J connectivity index is 1.80. The summed E-state index contributed by atoms with van der Waals surface area (Å²) in [5, 5.41) is 5.32. The molecule has 0 radical (unpaired) electrons. The van der Waals surface area contributed by atoms with E-state index in [4.69, 9.17) is 0 Å². The van der Waals surface area contributed by atoms with E-state index in [9.17, 15) is 17.6 Å². The van der Waals surface area contributed by atoms with Crippen LogP contribution in [-0.2, 0) is 6.42 Å². The number of aromatic nitrogens is 2. The van der Waals surface area contributed by atoms with Crippen molar-refractivity contribution in [1.82, 2.24) is 15.3 Å². The molecule has 4 nitrogen and oxygen atoms in total. The minimum atomic E-state index is -4.20. The topological polar surface area (TPSA) is 49.8 Å². The Morgan fingerprint density at radius 1 is 1.25 bits per heavy atom. The highest BCUT2D eigenvalue weighted by molar-refractivity contribution is 5.39. The van der Waals surface area contributed by atoms with Gasteiger partial charge in [-0.05, 0) is 19.3 Å². The molecule has 0 atom stereocenters. The fourth-order valence-electron chi connectivity index (χ4n) is 2.11. The summed E-state index contributed by atoms with van der Waals surface area (Å²) in [7, 11) is 0. The number of nitrogens with zero attached hydrogens (tertiary/aromatic N) is 2. The molecule has 0 saturated heterocycles. The van der Waals surface area contributed by atoms with Crippen molar-refractivity contribution in [3.63, 3.8) is 0 Å². The van der Waals surface area contributed by atoms with Gasteiger partial charge in [-0.2, -0.15) is 13.2 Å². The molecule has 2 rings (SSSR count). The average Bonchev–Trinajstić information content (AvgIpc) is 2.32. The van der Waals surface area contributed by atoms with Gasteiger partial charge in [-0.1, -0.05) is 6.92 Å². The molecule has 8 heteroatoms. The van der Waals surface area contributed by atoms with Gasteiger partial charge in [0.15, 0.2) is 11.6 Å². The van der Waals surface area contributed by atoms with Gasteiger partial charge in [0.1, 0.15) is 6.33 Å². The van der Waals surface area contributed by atoms with Crippen molar-refractivity contribution in [1.29, 1.82) is 0 Å². The summed E-state index contributed by atoms with van der Waals surface area (Å²) in [6.45, 7) is 0.794. The van der Waals surface area contributed by atoms with Gasteiger partial charge < -0.3 is 10.6 Å². The van der Waals surface area contributed by atoms with E-state index in [1.54, 1.807) is 6.92 Å². The van der Waals surface area contributed by atoms with E-state index in [0.717, 1.165) is 0 Å². The Hall–Kier alpha value is -1.44. The molecule has 0 amide bonds. The molecule has 0 aromatic carbocycles. The summed E-state index contributed by atoms with van der Waals surface area (Å²) in [5.74, 6) is -0.363. The van der Waals surface area contributed by atoms with E-state index in [1.807, 2.05) is 0 Å². The summed E-state index contributed by atoms with van der Waals surface area (Å²) in [5.41, 5.74) is 0.327. The molecule has 0 aliphatic heterocycles. The maximum Gasteiger partial charge on any atom is 0.401 e. The van der Waals surface area contributed by atoms with Crippen LogP contribution in [0, 0.1) is 5.82 Å². The van der Waals surface area contributed by atoms with E-state index >= 15 is 0 Å². The number of anilines is 1. The van der Waals surface area contributed by atoms with E-state index in [-0.39, 0.29) is 17.9 Å². The Morgan fingerprint density at radius 3 is 2.55 bits per heavy atom. The summed E-state index contributed by atoms with van der Waals surface area (Å²) in [6, 6.07) is -0.250. The second kappa shape index (κ2) is 5.90. The van der Waals surface area contributed by atoms with Crippen LogP contribution in [0.15, 0.2) is 6.33 Å². The first-order valence-corrected chi connectivity index (χ1v) is 6.45. The number of rotatable bonds is 5. The molecular formula is C12H16F4N4. The van der Waals surface area contributed by atoms with Crippen LogP contribution in [0.25, 0.3) is 0 Å². The Bertz CT molecular complexity index is 457. The van der Waals surface area contributed by atoms with Crippen molar-refractivity contribution in [2.24, 2.45) is 0 Å². The van der Waals surface area contributed by atoms with Gasteiger partial charge in [0, 0.05) is 12.1 Å². The Labute approximate surface area is 114 Å². The van der Waals surface area contributed by atoms with Crippen molar-refractivity contribution in [2.75, 3.05) is 11.9 Å². The molecule has 2 N–H and O–H groups in total. The lowest BCUT2D eigenvalue weighted by molar-refractivity contribution is -0.127. The van der Waals surface area contributed by atoms with Crippen LogP contribution in [0.1, 0.15) is 25.5 Å². The predicted octanol–water partition coefficient (Wildman–Crippen LogP) is 2.27. The normalized spacial score (nSPS) is 22.4. The van der Waals surface area contributed by atoms with Crippen LogP contribution in [0.4, 0.5) is 23.4 Å². The van der Waals surface area contributed by atoms with E-state index < -0.39 is 18.5 Å². The smallest absolute Gasteiger partial charge is 0.365 e. The molecule has 0 unspecified atom stereocenters. The second-order valence-electron chi connectivity index (χ2n) is 4.84. The molecule has 112 valence electrons. The van der Waals surface area contributed by atoms with Gasteiger partial charge in [-0.15, -0.1) is 0 Å². The predicted molar refractivity (Wildman–Crippen MR) is 65.9 cm³/mol. The molecule has 1 aliphatic rings. The van der Waals surface area contributed by atoms with Crippen molar-refractivity contribution >= 4 is 5.82 Å². The number of aryl methyl sites for hydroxylation is 1. The lowest BCUT2D eigenvalue weighted by Gasteiger charge is -2.37. The molecule has 1 aliphatic carbocycles. The van der Waals surface area contributed by atoms with Crippen LogP contribution < -0.4 is 10.6 Å². The summed E-state index contributed by atoms with van der Waals surface area (Å²) in [6.07, 6.45) is -1.43. The van der Waals surface area contributed by atoms with Crippen LogP contribution in [0.2, 0.25) is 0 Å². The minimum absolute atomic E-state index is 0.0603. The highest BCUT2D eigenvalue weighted by atomic mass is 19.4. The molecule has 1 aromatic rings. The number of hydrogen-bond acceptors (Lipinski definition) is 4. The third-order valence-corrected chi connectivity index (χ3v) is 3.27. The fraction of sp³-hybridized carbons (Fsp3) is 0.667. The van der Waals surface area contributed by atoms with Crippen molar-refractivity contribution in [3.8, 4) is 0 Å². The maximum absolute atomic E-state index is 13.8. The number of hydrogen-bond donors (Lipinski definition) is 2. The zero-order valence-corrected chi connectivity index (χ0v) is 11.0. The van der Waals surface area contributed by atoms with Crippen molar-refractivity contribution in [2.45, 2.75) is 44.4 Å². The van der Waals surface area contributed by atoms with E-state index in [0.29, 0.717) is 25.0 Å². The average molecular weight is 292 g/mol. The largest absolute Gasteiger partial charge is 0.401 e. The first-order valence-electron chi connectivity index (χ1n) is 6.45. The zero-order chi connectivity index (χ0) is 14.8. The molecule has 20 heavy (non-hydrogen) atoms. The van der Waals surface area contributed by atoms with Gasteiger partial charge in [0.25, 0.3) is 0 Å². The van der Waals surface area contributed by atoms with Gasteiger partial charge in [0.2, 0.25) is 0 Å². The fourth-order valence-corrected chi connectivity index (χ4v) is 2.11. The monoisotopic (exact) mass is 292 g/mol. The van der Waals surface area contributed by atoms with Gasteiger partial charge in [-0.3, -0.25) is 0 Å². The summed E-state index contributed by atoms with van der Waals surface area (Å²) in [4.78, 5) is 7.64. The zero-order valence-electron chi connectivity index (χ0n) is 11.0. The Kier molecular flexibility index (Phi) is 4.42. The molecular weight excluding hydrogens is 276 g/mol. The third kappa shape index (κ3) is 3.78. The SMILES string of the molecule is CCc1ncnc(NC2CC(NCC(F)(F)F)C2)c1F. The van der Waals surface area contributed by atoms with E-state index in [1.165, 1.54) is 6.33 Å².